The van der Waals surface area contributed by atoms with E-state index in [1.165, 1.54) is 12.5 Å². The molecule has 2 N–H and O–H groups in total. The Labute approximate surface area is 55.2 Å². The zero-order valence-electron chi connectivity index (χ0n) is 5.33. The Morgan fingerprint density at radius 2 is 2.11 bits per heavy atom. The summed E-state index contributed by atoms with van der Waals surface area (Å²) in [5.74, 6) is -1.07. The van der Waals surface area contributed by atoms with E-state index < -0.39 is 23.2 Å². The average Bonchev–Trinajstić information content (AvgIpc) is 1.59. The molecule has 0 aliphatic carbocycles. The number of hydrogen-bond donors (Lipinski definition) is 2. The zero-order chi connectivity index (χ0) is 7.49. The molecule has 0 saturated heterocycles. The Morgan fingerprint density at radius 1 is 1.67 bits per heavy atom. The predicted molar refractivity (Wildman–Crippen MR) is 35.7 cm³/mol. The Kier molecular flexibility index (Phi) is 2.96. The number of rotatable bonds is 3. The maximum Gasteiger partial charge on any atom is 0.332 e. The molecule has 4 nitrogen and oxygen atoms in total. The molecule has 0 saturated carbocycles. The van der Waals surface area contributed by atoms with E-state index in [4.69, 9.17) is 9.66 Å². The normalized spacial score (nSPS) is 13.2. The van der Waals surface area contributed by atoms with Crippen molar-refractivity contribution in [1.82, 2.24) is 0 Å². The second-order valence-corrected chi connectivity index (χ2v) is 4.44. The molecule has 0 rings (SSSR count). The molecule has 56 valence electrons. The van der Waals surface area contributed by atoms with Crippen LogP contribution in [0.3, 0.4) is 0 Å². The van der Waals surface area contributed by atoms with Gasteiger partial charge in [-0.2, -0.15) is 10.6 Å². The van der Waals surface area contributed by atoms with E-state index in [2.05, 4.69) is 4.18 Å². The van der Waals surface area contributed by atoms with Crippen molar-refractivity contribution in [2.24, 2.45) is 0 Å². The second-order valence-electron chi connectivity index (χ2n) is 1.84. The quantitative estimate of drug-likeness (QED) is 0.622. The zero-order valence-corrected chi connectivity index (χ0v) is 6.14. The monoisotopic (exact) mass is 154 g/mol. The van der Waals surface area contributed by atoms with Crippen LogP contribution in [0.1, 0.15) is 0 Å². The van der Waals surface area contributed by atoms with E-state index in [9.17, 15) is 4.79 Å². The van der Waals surface area contributed by atoms with E-state index in [0.717, 1.165) is 0 Å². The maximum atomic E-state index is 9.82. The molecule has 0 aliphatic heterocycles. The van der Waals surface area contributed by atoms with Crippen LogP contribution in [0.2, 0.25) is 0 Å². The fourth-order valence-corrected chi connectivity index (χ4v) is 0.584. The highest BCUT2D eigenvalue weighted by atomic mass is 32.3. The molecule has 0 amide bonds. The highest BCUT2D eigenvalue weighted by Crippen LogP contribution is 2.34. The molecule has 0 spiro atoms. The summed E-state index contributed by atoms with van der Waals surface area (Å²) in [4.78, 5) is 9.82. The van der Waals surface area contributed by atoms with Crippen LogP contribution in [0.4, 0.5) is 0 Å². The molecule has 5 heteroatoms. The van der Waals surface area contributed by atoms with E-state index in [-0.39, 0.29) is 0 Å². The third-order valence-electron chi connectivity index (χ3n) is 0.471. The summed E-state index contributed by atoms with van der Waals surface area (Å²) in [5.41, 5.74) is 0. The van der Waals surface area contributed by atoms with Gasteiger partial charge < -0.3 is 5.11 Å². The number of carboxylic acids is 1. The molecule has 0 aliphatic rings. The van der Waals surface area contributed by atoms with Crippen LogP contribution in [-0.4, -0.2) is 34.7 Å². The standard InChI is InChI=1S/C4H10O4S/c1-9(2,7)8-3-4(5)6/h7H,3H2,1-2H3,(H,5,6). The Hall–Kier alpha value is -0.260. The summed E-state index contributed by atoms with van der Waals surface area (Å²) in [6.45, 7) is -0.432. The SMILES string of the molecule is CS(C)(O)OCC(=O)O. The minimum atomic E-state index is -2.10. The lowest BCUT2D eigenvalue weighted by Gasteiger charge is -2.26. The van der Waals surface area contributed by atoms with Gasteiger partial charge in [0.1, 0.15) is 0 Å². The van der Waals surface area contributed by atoms with Gasteiger partial charge in [-0.1, -0.05) is 0 Å². The van der Waals surface area contributed by atoms with Gasteiger partial charge in [0.25, 0.3) is 0 Å². The van der Waals surface area contributed by atoms with Crippen LogP contribution in [0.5, 0.6) is 0 Å². The molecule has 0 aromatic heterocycles. The lowest BCUT2D eigenvalue weighted by Crippen LogP contribution is -2.09. The lowest BCUT2D eigenvalue weighted by atomic mass is 10.8. The minimum Gasteiger partial charge on any atom is -0.479 e. The summed E-state index contributed by atoms with van der Waals surface area (Å²) in [6.07, 6.45) is 2.91. The minimum absolute atomic E-state index is 0.432. The maximum absolute atomic E-state index is 9.82. The summed E-state index contributed by atoms with van der Waals surface area (Å²) >= 11 is 0. The Morgan fingerprint density at radius 3 is 2.22 bits per heavy atom. The van der Waals surface area contributed by atoms with Gasteiger partial charge in [0.15, 0.2) is 6.61 Å². The van der Waals surface area contributed by atoms with Crippen LogP contribution in [0.15, 0.2) is 0 Å². The van der Waals surface area contributed by atoms with E-state index >= 15 is 0 Å². The van der Waals surface area contributed by atoms with Crippen molar-refractivity contribution in [3.63, 3.8) is 0 Å². The van der Waals surface area contributed by atoms with Gasteiger partial charge in [-0.15, -0.1) is 0 Å². The van der Waals surface area contributed by atoms with Crippen molar-refractivity contribution in [3.8, 4) is 0 Å². The van der Waals surface area contributed by atoms with E-state index in [1.54, 1.807) is 0 Å². The van der Waals surface area contributed by atoms with Crippen molar-refractivity contribution in [2.75, 3.05) is 19.1 Å². The van der Waals surface area contributed by atoms with Gasteiger partial charge in [-0.25, -0.2) is 4.79 Å². The first-order valence-corrected chi connectivity index (χ1v) is 4.57. The smallest absolute Gasteiger partial charge is 0.332 e. The third-order valence-corrected chi connectivity index (χ3v) is 1.17. The largest absolute Gasteiger partial charge is 0.479 e. The molecule has 0 radical (unpaired) electrons. The first-order chi connectivity index (χ1) is 3.92. The van der Waals surface area contributed by atoms with Crippen molar-refractivity contribution in [2.45, 2.75) is 0 Å². The first-order valence-electron chi connectivity index (χ1n) is 2.24. The first kappa shape index (κ1) is 8.74. The second kappa shape index (κ2) is 3.05. The van der Waals surface area contributed by atoms with Gasteiger partial charge in [0.2, 0.25) is 0 Å². The van der Waals surface area contributed by atoms with Crippen LogP contribution >= 0.6 is 10.6 Å². The third kappa shape index (κ3) is 7.74. The number of carbonyl (C=O) groups is 1. The summed E-state index contributed by atoms with van der Waals surface area (Å²) in [5, 5.41) is 8.05. The number of carboxylic acid groups (broad SMARTS) is 1. The number of hydrogen-bond acceptors (Lipinski definition) is 3. The van der Waals surface area contributed by atoms with Crippen LogP contribution < -0.4 is 0 Å². The Bertz CT molecular complexity index is 106. The van der Waals surface area contributed by atoms with E-state index in [0.29, 0.717) is 0 Å². The van der Waals surface area contributed by atoms with Crippen molar-refractivity contribution < 1.29 is 18.6 Å². The lowest BCUT2D eigenvalue weighted by molar-refractivity contribution is -0.139. The molecule has 0 atom stereocenters. The van der Waals surface area contributed by atoms with Crippen molar-refractivity contribution in [1.29, 1.82) is 0 Å². The molecular formula is C4H10O4S. The molecule has 9 heavy (non-hydrogen) atoms. The molecule has 0 aromatic carbocycles. The highest BCUT2D eigenvalue weighted by molar-refractivity contribution is 8.23. The number of aliphatic carboxylic acids is 1. The Balaban J connectivity index is 3.39. The van der Waals surface area contributed by atoms with Crippen LogP contribution in [0, 0.1) is 0 Å². The van der Waals surface area contributed by atoms with Gasteiger partial charge in [-0.3, -0.25) is 8.74 Å². The average molecular weight is 154 g/mol. The molecule has 0 unspecified atom stereocenters. The summed E-state index contributed by atoms with van der Waals surface area (Å²) in [7, 11) is -2.10. The van der Waals surface area contributed by atoms with Gasteiger partial charge in [0.05, 0.1) is 0 Å². The predicted octanol–water partition coefficient (Wildman–Crippen LogP) is 0.540. The highest BCUT2D eigenvalue weighted by Gasteiger charge is 2.04. The fraction of sp³-hybridized carbons (Fsp3) is 0.750. The fourth-order valence-electron chi connectivity index (χ4n) is 0.195. The molecule has 0 aromatic rings. The van der Waals surface area contributed by atoms with E-state index in [1.807, 2.05) is 0 Å². The molecular weight excluding hydrogens is 144 g/mol. The van der Waals surface area contributed by atoms with Gasteiger partial charge in [0, 0.05) is 12.5 Å². The van der Waals surface area contributed by atoms with Crippen LogP contribution in [-0.2, 0) is 8.98 Å². The summed E-state index contributed by atoms with van der Waals surface area (Å²) < 4.78 is 13.4. The summed E-state index contributed by atoms with van der Waals surface area (Å²) in [6, 6.07) is 0. The van der Waals surface area contributed by atoms with Crippen molar-refractivity contribution in [3.05, 3.63) is 0 Å². The van der Waals surface area contributed by atoms with Crippen molar-refractivity contribution >= 4 is 16.6 Å². The van der Waals surface area contributed by atoms with Gasteiger partial charge in [-0.05, 0) is 0 Å². The molecule has 0 fully saturated rings. The molecule has 0 bridgehead atoms. The topological polar surface area (TPSA) is 66.8 Å². The van der Waals surface area contributed by atoms with Gasteiger partial charge >= 0.3 is 5.97 Å². The van der Waals surface area contributed by atoms with Crippen LogP contribution in [0.25, 0.3) is 0 Å². The molecule has 0 heterocycles.